The quantitative estimate of drug-likeness (QED) is 0.389. The van der Waals surface area contributed by atoms with Crippen LogP contribution in [0.3, 0.4) is 0 Å². The first-order valence-electron chi connectivity index (χ1n) is 5.55. The molecule has 1 saturated heterocycles. The van der Waals surface area contributed by atoms with Gasteiger partial charge in [0.25, 0.3) is 5.69 Å². The van der Waals surface area contributed by atoms with Crippen LogP contribution in [0.1, 0.15) is 0 Å². The minimum Gasteiger partial charge on any atom is -0.368 e. The van der Waals surface area contributed by atoms with E-state index in [1.807, 2.05) is 4.90 Å². The Morgan fingerprint density at radius 1 is 1.22 bits per heavy atom. The molecular formula is C11H13N3O2S2. The molecule has 0 saturated carbocycles. The summed E-state index contributed by atoms with van der Waals surface area (Å²) in [7, 11) is 0. The number of piperazine rings is 1. The molecule has 0 aliphatic carbocycles. The van der Waals surface area contributed by atoms with Crippen molar-refractivity contribution in [2.75, 3.05) is 31.1 Å². The van der Waals surface area contributed by atoms with Crippen molar-refractivity contribution >= 4 is 40.5 Å². The molecule has 1 aromatic carbocycles. The lowest BCUT2D eigenvalue weighted by atomic mass is 10.2. The van der Waals surface area contributed by atoms with Crippen molar-refractivity contribution in [1.82, 2.24) is 4.90 Å². The Bertz CT molecular complexity index is 456. The zero-order valence-electron chi connectivity index (χ0n) is 9.65. The van der Waals surface area contributed by atoms with Crippen LogP contribution in [0.5, 0.6) is 0 Å². The molecule has 96 valence electrons. The molecule has 0 N–H and O–H groups in total. The fourth-order valence-corrected chi connectivity index (χ4v) is 2.32. The Hall–Kier alpha value is -1.34. The van der Waals surface area contributed by atoms with Crippen LogP contribution in [0, 0.1) is 10.1 Å². The molecule has 1 heterocycles. The highest BCUT2D eigenvalue weighted by Gasteiger charge is 2.18. The molecule has 1 aliphatic heterocycles. The smallest absolute Gasteiger partial charge is 0.269 e. The third kappa shape index (κ3) is 2.91. The van der Waals surface area contributed by atoms with Crippen LogP contribution in [0.4, 0.5) is 11.4 Å². The van der Waals surface area contributed by atoms with Crippen LogP contribution in [0.15, 0.2) is 24.3 Å². The molecule has 0 radical (unpaired) electrons. The number of thiocarbonyl (C=S) groups is 1. The van der Waals surface area contributed by atoms with Gasteiger partial charge in [0.2, 0.25) is 0 Å². The van der Waals surface area contributed by atoms with E-state index in [4.69, 9.17) is 12.2 Å². The predicted molar refractivity (Wildman–Crippen MR) is 78.5 cm³/mol. The molecule has 0 spiro atoms. The monoisotopic (exact) mass is 283 g/mol. The number of nitrogens with zero attached hydrogens (tertiary/aromatic N) is 3. The van der Waals surface area contributed by atoms with Crippen LogP contribution in [-0.2, 0) is 0 Å². The first kappa shape index (κ1) is 13.1. The fourth-order valence-electron chi connectivity index (χ4n) is 1.94. The van der Waals surface area contributed by atoms with E-state index in [0.29, 0.717) is 4.32 Å². The minimum absolute atomic E-state index is 0.119. The highest BCUT2D eigenvalue weighted by Crippen LogP contribution is 2.20. The summed E-state index contributed by atoms with van der Waals surface area (Å²) < 4.78 is 0.623. The van der Waals surface area contributed by atoms with Gasteiger partial charge < -0.3 is 9.80 Å². The Morgan fingerprint density at radius 3 is 2.22 bits per heavy atom. The minimum atomic E-state index is -0.388. The lowest BCUT2D eigenvalue weighted by Crippen LogP contribution is -2.47. The van der Waals surface area contributed by atoms with E-state index >= 15 is 0 Å². The Kier molecular flexibility index (Phi) is 4.03. The SMILES string of the molecule is O=[N+]([O-])c1ccc(N2CCN(C(=S)S)CC2)cc1. The third-order valence-corrected chi connectivity index (χ3v) is 3.52. The second-order valence-corrected chi connectivity index (χ2v) is 5.14. The van der Waals surface area contributed by atoms with Crippen LogP contribution in [-0.4, -0.2) is 40.3 Å². The number of nitro benzene ring substituents is 1. The van der Waals surface area contributed by atoms with Crippen molar-refractivity contribution in [2.24, 2.45) is 0 Å². The number of anilines is 1. The highest BCUT2D eigenvalue weighted by atomic mass is 32.1. The predicted octanol–water partition coefficient (Wildman–Crippen LogP) is 1.93. The van der Waals surface area contributed by atoms with E-state index in [2.05, 4.69) is 17.5 Å². The Labute approximate surface area is 116 Å². The standard InChI is InChI=1S/C11H13N3O2S2/c15-14(16)10-3-1-9(2-4-10)12-5-7-13(8-6-12)11(17)18/h1-4H,5-8H2,(H,17,18). The molecular weight excluding hydrogens is 270 g/mol. The van der Waals surface area contributed by atoms with Gasteiger partial charge in [-0.1, -0.05) is 12.2 Å². The maximum absolute atomic E-state index is 10.6. The van der Waals surface area contributed by atoms with Crippen LogP contribution < -0.4 is 4.90 Å². The molecule has 1 aliphatic rings. The van der Waals surface area contributed by atoms with Crippen molar-refractivity contribution in [2.45, 2.75) is 0 Å². The van der Waals surface area contributed by atoms with Crippen LogP contribution in [0.2, 0.25) is 0 Å². The number of hydrogen-bond donors (Lipinski definition) is 1. The molecule has 1 aromatic rings. The normalized spacial score (nSPS) is 15.6. The third-order valence-electron chi connectivity index (χ3n) is 2.98. The van der Waals surface area contributed by atoms with E-state index in [-0.39, 0.29) is 10.6 Å². The van der Waals surface area contributed by atoms with Gasteiger partial charge in [-0.2, -0.15) is 0 Å². The van der Waals surface area contributed by atoms with E-state index in [1.54, 1.807) is 12.1 Å². The van der Waals surface area contributed by atoms with Gasteiger partial charge in [-0.25, -0.2) is 0 Å². The van der Waals surface area contributed by atoms with Crippen LogP contribution >= 0.6 is 24.8 Å². The summed E-state index contributed by atoms with van der Waals surface area (Å²) in [6.07, 6.45) is 0. The summed E-state index contributed by atoms with van der Waals surface area (Å²) in [6.45, 7) is 3.36. The van der Waals surface area contributed by atoms with Crippen molar-refractivity contribution in [3.8, 4) is 0 Å². The van der Waals surface area contributed by atoms with E-state index in [1.165, 1.54) is 12.1 Å². The van der Waals surface area contributed by atoms with Crippen LogP contribution in [0.25, 0.3) is 0 Å². The van der Waals surface area contributed by atoms with Crippen molar-refractivity contribution in [1.29, 1.82) is 0 Å². The highest BCUT2D eigenvalue weighted by molar-refractivity contribution is 8.10. The van der Waals surface area contributed by atoms with Gasteiger partial charge in [0, 0.05) is 44.0 Å². The van der Waals surface area contributed by atoms with Gasteiger partial charge in [0.1, 0.15) is 4.32 Å². The van der Waals surface area contributed by atoms with E-state index in [9.17, 15) is 10.1 Å². The summed E-state index contributed by atoms with van der Waals surface area (Å²) in [5.74, 6) is 0. The topological polar surface area (TPSA) is 49.6 Å². The number of benzene rings is 1. The fraction of sp³-hybridized carbons (Fsp3) is 0.364. The molecule has 0 amide bonds. The lowest BCUT2D eigenvalue weighted by molar-refractivity contribution is -0.384. The average molecular weight is 283 g/mol. The van der Waals surface area contributed by atoms with E-state index < -0.39 is 0 Å². The maximum Gasteiger partial charge on any atom is 0.269 e. The van der Waals surface area contributed by atoms with Gasteiger partial charge in [0.05, 0.1) is 4.92 Å². The first-order valence-corrected chi connectivity index (χ1v) is 6.41. The summed E-state index contributed by atoms with van der Waals surface area (Å²) in [4.78, 5) is 14.4. The lowest BCUT2D eigenvalue weighted by Gasteiger charge is -2.36. The molecule has 18 heavy (non-hydrogen) atoms. The molecule has 0 unspecified atom stereocenters. The maximum atomic E-state index is 10.6. The van der Waals surface area contributed by atoms with Gasteiger partial charge in [0.15, 0.2) is 0 Å². The molecule has 0 aromatic heterocycles. The summed E-state index contributed by atoms with van der Waals surface area (Å²) in [5, 5.41) is 10.6. The van der Waals surface area contributed by atoms with Crippen molar-refractivity contribution < 1.29 is 4.92 Å². The molecule has 5 nitrogen and oxygen atoms in total. The summed E-state index contributed by atoms with van der Waals surface area (Å²) in [6, 6.07) is 6.63. The summed E-state index contributed by atoms with van der Waals surface area (Å²) >= 11 is 9.17. The zero-order chi connectivity index (χ0) is 13.1. The molecule has 0 atom stereocenters. The molecule has 1 fully saturated rings. The number of rotatable bonds is 2. The van der Waals surface area contributed by atoms with Crippen molar-refractivity contribution in [3.05, 3.63) is 34.4 Å². The number of hydrogen-bond acceptors (Lipinski definition) is 4. The molecule has 7 heteroatoms. The van der Waals surface area contributed by atoms with E-state index in [0.717, 1.165) is 31.9 Å². The second kappa shape index (κ2) is 5.53. The largest absolute Gasteiger partial charge is 0.368 e. The van der Waals surface area contributed by atoms with Gasteiger partial charge in [-0.15, -0.1) is 12.6 Å². The molecule has 2 rings (SSSR count). The number of nitro groups is 1. The Balaban J connectivity index is 2.01. The Morgan fingerprint density at radius 2 is 1.78 bits per heavy atom. The van der Waals surface area contributed by atoms with Gasteiger partial charge in [-0.05, 0) is 12.1 Å². The van der Waals surface area contributed by atoms with Gasteiger partial charge >= 0.3 is 0 Å². The summed E-state index contributed by atoms with van der Waals surface area (Å²) in [5.41, 5.74) is 1.12. The molecule has 0 bridgehead atoms. The number of thiol groups is 1. The average Bonchev–Trinajstić information content (AvgIpc) is 2.39. The van der Waals surface area contributed by atoms with Crippen molar-refractivity contribution in [3.63, 3.8) is 0 Å². The van der Waals surface area contributed by atoms with Gasteiger partial charge in [-0.3, -0.25) is 10.1 Å². The second-order valence-electron chi connectivity index (χ2n) is 4.03. The zero-order valence-corrected chi connectivity index (χ0v) is 11.4. The number of non-ortho nitro benzene ring substituents is 1. The first-order chi connectivity index (χ1) is 8.58.